The molecule has 0 aliphatic carbocycles. The van der Waals surface area contributed by atoms with E-state index in [0.717, 1.165) is 30.4 Å². The molecule has 2 heterocycles. The lowest BCUT2D eigenvalue weighted by Crippen LogP contribution is -2.35. The van der Waals surface area contributed by atoms with Crippen LogP contribution >= 0.6 is 0 Å². The number of sulfonamides is 1. The van der Waals surface area contributed by atoms with Gasteiger partial charge in [0.25, 0.3) is 0 Å². The van der Waals surface area contributed by atoms with Crippen molar-refractivity contribution >= 4 is 15.9 Å². The Hall–Kier alpha value is -2.49. The van der Waals surface area contributed by atoms with Gasteiger partial charge in [-0.05, 0) is 42.5 Å². The Morgan fingerprint density at radius 3 is 2.41 bits per heavy atom. The van der Waals surface area contributed by atoms with Crippen molar-refractivity contribution in [1.82, 2.24) is 14.6 Å². The van der Waals surface area contributed by atoms with Gasteiger partial charge in [-0.25, -0.2) is 13.4 Å². The normalized spacial score (nSPS) is 14.8. The van der Waals surface area contributed by atoms with Crippen LogP contribution in [-0.4, -0.2) is 57.0 Å². The first-order valence-corrected chi connectivity index (χ1v) is 12.4. The molecule has 0 saturated carbocycles. The molecule has 1 aliphatic heterocycles. The third-order valence-electron chi connectivity index (χ3n) is 5.34. The van der Waals surface area contributed by atoms with E-state index < -0.39 is 10.0 Å². The number of nitrogens with one attached hydrogen (secondary N) is 1. The van der Waals surface area contributed by atoms with Gasteiger partial charge >= 0.3 is 0 Å². The van der Waals surface area contributed by atoms with Crippen molar-refractivity contribution in [2.45, 2.75) is 43.5 Å². The summed E-state index contributed by atoms with van der Waals surface area (Å²) in [5.41, 5.74) is 1.81. The summed E-state index contributed by atoms with van der Waals surface area (Å²) in [7, 11) is -1.82. The molecule has 1 fully saturated rings. The zero-order valence-electron chi connectivity index (χ0n) is 18.5. The third-order valence-corrected chi connectivity index (χ3v) is 7.25. The third kappa shape index (κ3) is 7.01. The molecule has 0 atom stereocenters. The molecule has 1 aliphatic rings. The molecular formula is C23H31N3O5S. The van der Waals surface area contributed by atoms with E-state index in [2.05, 4.69) is 10.3 Å². The highest BCUT2D eigenvalue weighted by Gasteiger charge is 2.25. The van der Waals surface area contributed by atoms with Gasteiger partial charge in [-0.3, -0.25) is 4.79 Å². The van der Waals surface area contributed by atoms with Gasteiger partial charge in [0.1, 0.15) is 6.61 Å². The molecule has 32 heavy (non-hydrogen) atoms. The van der Waals surface area contributed by atoms with Crippen molar-refractivity contribution in [3.8, 4) is 5.88 Å². The van der Waals surface area contributed by atoms with Gasteiger partial charge in [0.15, 0.2) is 0 Å². The molecule has 2 aromatic rings. The Morgan fingerprint density at radius 1 is 1.03 bits per heavy atom. The van der Waals surface area contributed by atoms with Crippen LogP contribution in [0.5, 0.6) is 5.88 Å². The van der Waals surface area contributed by atoms with Gasteiger partial charge in [-0.1, -0.05) is 24.6 Å². The van der Waals surface area contributed by atoms with E-state index in [0.29, 0.717) is 56.5 Å². The molecule has 174 valence electrons. The minimum Gasteiger partial charge on any atom is -0.475 e. The summed E-state index contributed by atoms with van der Waals surface area (Å²) in [4.78, 5) is 16.7. The lowest BCUT2D eigenvalue weighted by atomic mass is 10.1. The number of ether oxygens (including phenoxy) is 2. The number of aromatic nitrogens is 1. The number of methoxy groups -OCH3 is 1. The monoisotopic (exact) mass is 461 g/mol. The predicted octanol–water partition coefficient (Wildman–Crippen LogP) is 2.53. The second kappa shape index (κ2) is 11.9. The number of nitrogens with zero attached hydrogens (tertiary/aromatic N) is 2. The molecule has 8 nitrogen and oxygen atoms in total. The standard InChI is InChI=1S/C23H31N3O5S/c1-30-15-16-31-23-12-8-20(18-25-23)17-24-22(27)11-7-19-5-9-21(10-6-19)32(28,29)26-13-3-2-4-14-26/h5-6,8-10,12,18H,2-4,7,11,13-17H2,1H3,(H,24,27). The van der Waals surface area contributed by atoms with E-state index in [1.165, 1.54) is 0 Å². The van der Waals surface area contributed by atoms with Gasteiger partial charge in [-0.2, -0.15) is 4.31 Å². The van der Waals surface area contributed by atoms with Crippen molar-refractivity contribution in [2.24, 2.45) is 0 Å². The fraction of sp³-hybridized carbons (Fsp3) is 0.478. The molecule has 9 heteroatoms. The number of carbonyl (C=O) groups is 1. The van der Waals surface area contributed by atoms with Crippen molar-refractivity contribution < 1.29 is 22.7 Å². The first kappa shape index (κ1) is 24.2. The van der Waals surface area contributed by atoms with Crippen LogP contribution in [-0.2, 0) is 32.5 Å². The Bertz CT molecular complexity index is 956. The van der Waals surface area contributed by atoms with E-state index in [-0.39, 0.29) is 5.91 Å². The number of benzene rings is 1. The molecule has 3 rings (SSSR count). The second-order valence-electron chi connectivity index (χ2n) is 7.73. The second-order valence-corrected chi connectivity index (χ2v) is 9.67. The van der Waals surface area contributed by atoms with Crippen LogP contribution in [0.15, 0.2) is 47.5 Å². The molecule has 1 aromatic heterocycles. The first-order valence-electron chi connectivity index (χ1n) is 10.9. The molecule has 1 aromatic carbocycles. The van der Waals surface area contributed by atoms with Crippen molar-refractivity contribution in [2.75, 3.05) is 33.4 Å². The summed E-state index contributed by atoms with van der Waals surface area (Å²) < 4.78 is 37.3. The molecule has 0 unspecified atom stereocenters. The zero-order chi connectivity index (χ0) is 22.8. The highest BCUT2D eigenvalue weighted by molar-refractivity contribution is 7.89. The van der Waals surface area contributed by atoms with Crippen LogP contribution < -0.4 is 10.1 Å². The fourth-order valence-corrected chi connectivity index (χ4v) is 4.98. The van der Waals surface area contributed by atoms with Gasteiger partial charge in [0.2, 0.25) is 21.8 Å². The van der Waals surface area contributed by atoms with Crippen molar-refractivity contribution in [1.29, 1.82) is 0 Å². The zero-order valence-corrected chi connectivity index (χ0v) is 19.3. The molecule has 0 bridgehead atoms. The van der Waals surface area contributed by atoms with E-state index in [9.17, 15) is 13.2 Å². The number of pyridine rings is 1. The van der Waals surface area contributed by atoms with Gasteiger partial charge in [0, 0.05) is 45.4 Å². The van der Waals surface area contributed by atoms with Gasteiger partial charge in [-0.15, -0.1) is 0 Å². The minimum atomic E-state index is -3.43. The van der Waals surface area contributed by atoms with Crippen molar-refractivity contribution in [3.05, 3.63) is 53.7 Å². The number of rotatable bonds is 11. The first-order chi connectivity index (χ1) is 15.5. The van der Waals surface area contributed by atoms with E-state index >= 15 is 0 Å². The summed E-state index contributed by atoms with van der Waals surface area (Å²) in [6, 6.07) is 10.5. The van der Waals surface area contributed by atoms with Gasteiger partial charge in [0.05, 0.1) is 11.5 Å². The largest absolute Gasteiger partial charge is 0.475 e. The molecule has 1 N–H and O–H groups in total. The SMILES string of the molecule is COCCOc1ccc(CNC(=O)CCc2ccc(S(=O)(=O)N3CCCCC3)cc2)cn1. The van der Waals surface area contributed by atoms with Crippen LogP contribution in [0.3, 0.4) is 0 Å². The predicted molar refractivity (Wildman–Crippen MR) is 121 cm³/mol. The van der Waals surface area contributed by atoms with Crippen LogP contribution in [0, 0.1) is 0 Å². The average molecular weight is 462 g/mol. The van der Waals surface area contributed by atoms with Crippen molar-refractivity contribution in [3.63, 3.8) is 0 Å². The van der Waals surface area contributed by atoms with Crippen LogP contribution in [0.2, 0.25) is 0 Å². The average Bonchev–Trinajstić information content (AvgIpc) is 2.83. The molecule has 0 radical (unpaired) electrons. The lowest BCUT2D eigenvalue weighted by molar-refractivity contribution is -0.121. The fourth-order valence-electron chi connectivity index (χ4n) is 3.46. The maximum Gasteiger partial charge on any atom is 0.243 e. The van der Waals surface area contributed by atoms with E-state index in [4.69, 9.17) is 9.47 Å². The molecule has 1 amide bonds. The quantitative estimate of drug-likeness (QED) is 0.517. The van der Waals surface area contributed by atoms with Crippen LogP contribution in [0.25, 0.3) is 0 Å². The number of carbonyl (C=O) groups excluding carboxylic acids is 1. The van der Waals surface area contributed by atoms with E-state index in [1.807, 2.05) is 6.07 Å². The summed E-state index contributed by atoms with van der Waals surface area (Å²) in [6.07, 6.45) is 5.44. The Kier molecular flexibility index (Phi) is 9.01. The molecule has 0 spiro atoms. The Morgan fingerprint density at radius 2 is 1.75 bits per heavy atom. The Labute approximate surface area is 190 Å². The summed E-state index contributed by atoms with van der Waals surface area (Å²) in [6.45, 7) is 2.49. The molecular weight excluding hydrogens is 430 g/mol. The topological polar surface area (TPSA) is 97.8 Å². The number of amides is 1. The van der Waals surface area contributed by atoms with Crippen LogP contribution in [0.1, 0.15) is 36.8 Å². The summed E-state index contributed by atoms with van der Waals surface area (Å²) in [5, 5.41) is 2.88. The van der Waals surface area contributed by atoms with Gasteiger partial charge < -0.3 is 14.8 Å². The number of hydrogen-bond acceptors (Lipinski definition) is 6. The number of aryl methyl sites for hydroxylation is 1. The molecule has 1 saturated heterocycles. The highest BCUT2D eigenvalue weighted by Crippen LogP contribution is 2.21. The summed E-state index contributed by atoms with van der Waals surface area (Å²) in [5.74, 6) is 0.443. The lowest BCUT2D eigenvalue weighted by Gasteiger charge is -2.25. The Balaban J connectivity index is 1.43. The highest BCUT2D eigenvalue weighted by atomic mass is 32.2. The van der Waals surface area contributed by atoms with E-state index in [1.54, 1.807) is 47.9 Å². The number of hydrogen-bond donors (Lipinski definition) is 1. The smallest absolute Gasteiger partial charge is 0.243 e. The number of piperidine rings is 1. The van der Waals surface area contributed by atoms with Crippen LogP contribution in [0.4, 0.5) is 0 Å². The summed E-state index contributed by atoms with van der Waals surface area (Å²) >= 11 is 0. The minimum absolute atomic E-state index is 0.0737. The maximum atomic E-state index is 12.7. The maximum absolute atomic E-state index is 12.7.